The molecule has 0 radical (unpaired) electrons. The van der Waals surface area contributed by atoms with Gasteiger partial charge in [-0.3, -0.25) is 0 Å². The smallest absolute Gasteiger partial charge is 0.160 e. The molecule has 1 heterocycles. The van der Waals surface area contributed by atoms with Crippen molar-refractivity contribution in [3.63, 3.8) is 0 Å². The summed E-state index contributed by atoms with van der Waals surface area (Å²) in [6, 6.07) is 8.97. The zero-order chi connectivity index (χ0) is 12.3. The van der Waals surface area contributed by atoms with Crippen molar-refractivity contribution in [1.29, 1.82) is 0 Å². The molecule has 90 valence electrons. The molecule has 1 aromatic carbocycles. The van der Waals surface area contributed by atoms with Gasteiger partial charge in [-0.05, 0) is 31.2 Å². The minimum Gasteiger partial charge on any atom is -0.504 e. The van der Waals surface area contributed by atoms with Crippen LogP contribution in [0.15, 0.2) is 41.0 Å². The fourth-order valence-electron chi connectivity index (χ4n) is 1.64. The summed E-state index contributed by atoms with van der Waals surface area (Å²) in [6.07, 6.45) is 1.64. The molecule has 0 saturated carbocycles. The molecule has 0 aliphatic heterocycles. The van der Waals surface area contributed by atoms with E-state index in [2.05, 4.69) is 5.32 Å². The maximum atomic E-state index is 9.65. The molecule has 2 rings (SSSR count). The Hall–Kier alpha value is -2.10. The number of hydrogen-bond donors (Lipinski definition) is 2. The molecule has 0 amide bonds. The van der Waals surface area contributed by atoms with Crippen LogP contribution in [0.4, 0.5) is 5.69 Å². The third-order valence-corrected chi connectivity index (χ3v) is 2.53. The highest BCUT2D eigenvalue weighted by Gasteiger charge is 2.09. The maximum absolute atomic E-state index is 9.65. The molecular formula is C13H15NO3. The molecule has 1 atom stereocenters. The van der Waals surface area contributed by atoms with E-state index in [-0.39, 0.29) is 11.8 Å². The first kappa shape index (κ1) is 11.4. The summed E-state index contributed by atoms with van der Waals surface area (Å²) in [5, 5.41) is 12.9. The number of hydrogen-bond acceptors (Lipinski definition) is 4. The average molecular weight is 233 g/mol. The van der Waals surface area contributed by atoms with Crippen LogP contribution in [0.2, 0.25) is 0 Å². The number of aromatic hydroxyl groups is 1. The molecular weight excluding hydrogens is 218 g/mol. The summed E-state index contributed by atoms with van der Waals surface area (Å²) in [5.41, 5.74) is 0.812. The largest absolute Gasteiger partial charge is 0.504 e. The van der Waals surface area contributed by atoms with Gasteiger partial charge in [0.05, 0.1) is 19.4 Å². The summed E-state index contributed by atoms with van der Waals surface area (Å²) in [7, 11) is 1.52. The van der Waals surface area contributed by atoms with E-state index in [9.17, 15) is 5.11 Å². The third kappa shape index (κ3) is 2.53. The van der Waals surface area contributed by atoms with E-state index in [1.807, 2.05) is 25.1 Å². The van der Waals surface area contributed by atoms with Gasteiger partial charge in [0.1, 0.15) is 5.76 Å². The van der Waals surface area contributed by atoms with Crippen LogP contribution in [-0.4, -0.2) is 12.2 Å². The van der Waals surface area contributed by atoms with Gasteiger partial charge in [-0.2, -0.15) is 0 Å². The lowest BCUT2D eigenvalue weighted by Crippen LogP contribution is -2.05. The molecule has 2 aromatic rings. The molecule has 0 saturated heterocycles. The number of anilines is 1. The number of ether oxygens (including phenoxy) is 1. The molecule has 0 spiro atoms. The Bertz CT molecular complexity index is 479. The zero-order valence-electron chi connectivity index (χ0n) is 9.81. The monoisotopic (exact) mass is 233 g/mol. The number of furan rings is 1. The Morgan fingerprint density at radius 1 is 1.35 bits per heavy atom. The summed E-state index contributed by atoms with van der Waals surface area (Å²) in [5.74, 6) is 1.42. The number of nitrogens with one attached hydrogen (secondary N) is 1. The highest BCUT2D eigenvalue weighted by atomic mass is 16.5. The number of phenolic OH excluding ortho intramolecular Hbond substituents is 1. The van der Waals surface area contributed by atoms with Crippen LogP contribution in [-0.2, 0) is 0 Å². The van der Waals surface area contributed by atoms with Crippen molar-refractivity contribution in [2.45, 2.75) is 13.0 Å². The van der Waals surface area contributed by atoms with Gasteiger partial charge in [0, 0.05) is 11.8 Å². The van der Waals surface area contributed by atoms with E-state index in [1.54, 1.807) is 18.4 Å². The van der Waals surface area contributed by atoms with Gasteiger partial charge in [0.15, 0.2) is 11.5 Å². The van der Waals surface area contributed by atoms with Gasteiger partial charge in [0.2, 0.25) is 0 Å². The van der Waals surface area contributed by atoms with E-state index < -0.39 is 0 Å². The molecule has 1 unspecified atom stereocenters. The van der Waals surface area contributed by atoms with Crippen LogP contribution in [0.5, 0.6) is 11.5 Å². The molecule has 0 aliphatic carbocycles. The molecule has 2 N–H and O–H groups in total. The van der Waals surface area contributed by atoms with E-state index in [0.717, 1.165) is 11.4 Å². The first-order valence-electron chi connectivity index (χ1n) is 5.37. The van der Waals surface area contributed by atoms with Crippen molar-refractivity contribution in [2.24, 2.45) is 0 Å². The molecule has 4 heteroatoms. The second-order valence-corrected chi connectivity index (χ2v) is 3.77. The van der Waals surface area contributed by atoms with Crippen LogP contribution < -0.4 is 10.1 Å². The van der Waals surface area contributed by atoms with Crippen molar-refractivity contribution in [1.82, 2.24) is 0 Å². The number of benzene rings is 1. The van der Waals surface area contributed by atoms with Gasteiger partial charge in [-0.1, -0.05) is 0 Å². The standard InChI is InChI=1S/C13H15NO3/c1-9(12-4-3-7-17-12)14-10-5-6-13(16-2)11(15)8-10/h3-9,14-15H,1-2H3. The predicted molar refractivity (Wildman–Crippen MR) is 65.4 cm³/mol. The highest BCUT2D eigenvalue weighted by molar-refractivity contribution is 5.54. The van der Waals surface area contributed by atoms with Gasteiger partial charge < -0.3 is 19.6 Å². The maximum Gasteiger partial charge on any atom is 0.160 e. The normalized spacial score (nSPS) is 12.1. The molecule has 4 nitrogen and oxygen atoms in total. The van der Waals surface area contributed by atoms with Gasteiger partial charge in [-0.15, -0.1) is 0 Å². The SMILES string of the molecule is COc1ccc(NC(C)c2ccco2)cc1O. The Balaban J connectivity index is 2.11. The fourth-order valence-corrected chi connectivity index (χ4v) is 1.64. The second-order valence-electron chi connectivity index (χ2n) is 3.77. The minimum absolute atomic E-state index is 0.0396. The molecule has 17 heavy (non-hydrogen) atoms. The quantitative estimate of drug-likeness (QED) is 0.851. The van der Waals surface area contributed by atoms with Gasteiger partial charge in [0.25, 0.3) is 0 Å². The lowest BCUT2D eigenvalue weighted by Gasteiger charge is -2.13. The molecule has 0 fully saturated rings. The molecule has 0 aliphatic rings. The fraction of sp³-hybridized carbons (Fsp3) is 0.231. The Labute approximate surface area is 99.8 Å². The van der Waals surface area contributed by atoms with Crippen LogP contribution in [0.3, 0.4) is 0 Å². The van der Waals surface area contributed by atoms with Crippen molar-refractivity contribution >= 4 is 5.69 Å². The summed E-state index contributed by atoms with van der Waals surface area (Å²) in [6.45, 7) is 1.99. The summed E-state index contributed by atoms with van der Waals surface area (Å²) >= 11 is 0. The first-order valence-corrected chi connectivity index (χ1v) is 5.37. The van der Waals surface area contributed by atoms with Crippen molar-refractivity contribution in [3.05, 3.63) is 42.4 Å². The number of methoxy groups -OCH3 is 1. The van der Waals surface area contributed by atoms with E-state index in [1.165, 1.54) is 7.11 Å². The lowest BCUT2D eigenvalue weighted by molar-refractivity contribution is 0.373. The Kier molecular flexibility index (Phi) is 3.23. The van der Waals surface area contributed by atoms with Crippen molar-refractivity contribution < 1.29 is 14.3 Å². The topological polar surface area (TPSA) is 54.6 Å². The minimum atomic E-state index is 0.0396. The average Bonchev–Trinajstić information content (AvgIpc) is 2.82. The van der Waals surface area contributed by atoms with Crippen LogP contribution >= 0.6 is 0 Å². The predicted octanol–water partition coefficient (Wildman–Crippen LogP) is 3.17. The van der Waals surface area contributed by atoms with E-state index in [4.69, 9.17) is 9.15 Å². The zero-order valence-corrected chi connectivity index (χ0v) is 9.81. The molecule has 0 bridgehead atoms. The Morgan fingerprint density at radius 3 is 2.76 bits per heavy atom. The second kappa shape index (κ2) is 4.82. The first-order chi connectivity index (χ1) is 8.20. The van der Waals surface area contributed by atoms with Crippen LogP contribution in [0.1, 0.15) is 18.7 Å². The van der Waals surface area contributed by atoms with Crippen molar-refractivity contribution in [2.75, 3.05) is 12.4 Å². The van der Waals surface area contributed by atoms with Crippen LogP contribution in [0, 0.1) is 0 Å². The summed E-state index contributed by atoms with van der Waals surface area (Å²) < 4.78 is 10.3. The van der Waals surface area contributed by atoms with Crippen LogP contribution in [0.25, 0.3) is 0 Å². The summed E-state index contributed by atoms with van der Waals surface area (Å²) in [4.78, 5) is 0. The van der Waals surface area contributed by atoms with Gasteiger partial charge >= 0.3 is 0 Å². The lowest BCUT2D eigenvalue weighted by atomic mass is 10.2. The van der Waals surface area contributed by atoms with E-state index in [0.29, 0.717) is 5.75 Å². The number of phenols is 1. The molecule has 1 aromatic heterocycles. The Morgan fingerprint density at radius 2 is 2.18 bits per heavy atom. The van der Waals surface area contributed by atoms with Crippen molar-refractivity contribution in [3.8, 4) is 11.5 Å². The third-order valence-electron chi connectivity index (χ3n) is 2.53. The highest BCUT2D eigenvalue weighted by Crippen LogP contribution is 2.30. The number of rotatable bonds is 4. The van der Waals surface area contributed by atoms with Gasteiger partial charge in [-0.25, -0.2) is 0 Å². The van der Waals surface area contributed by atoms with E-state index >= 15 is 0 Å².